The van der Waals surface area contributed by atoms with Gasteiger partial charge in [-0.1, -0.05) is 6.07 Å². The molecule has 0 amide bonds. The predicted octanol–water partition coefficient (Wildman–Crippen LogP) is 2.81. The lowest BCUT2D eigenvalue weighted by atomic mass is 10.1. The van der Waals surface area contributed by atoms with Gasteiger partial charge in [-0.25, -0.2) is 0 Å². The number of nitrogens with zero attached hydrogens (tertiary/aromatic N) is 3. The van der Waals surface area contributed by atoms with Gasteiger partial charge in [-0.3, -0.25) is 14.8 Å². The number of hydrogen-bond acceptors (Lipinski definition) is 4. The second-order valence-electron chi connectivity index (χ2n) is 4.81. The van der Waals surface area contributed by atoms with Crippen molar-refractivity contribution in [2.75, 3.05) is 12.4 Å². The predicted molar refractivity (Wildman–Crippen MR) is 78.2 cm³/mol. The SMILES string of the molecule is CNc1cc(Cn2nc(C)c(C)c2C)ccc1[N+](=O)[O-]. The van der Waals surface area contributed by atoms with Gasteiger partial charge in [0.15, 0.2) is 0 Å². The largest absolute Gasteiger partial charge is 0.383 e. The molecule has 1 N–H and O–H groups in total. The first-order valence-corrected chi connectivity index (χ1v) is 6.39. The Hall–Kier alpha value is -2.37. The number of aromatic nitrogens is 2. The molecule has 0 spiro atoms. The first-order valence-electron chi connectivity index (χ1n) is 6.39. The summed E-state index contributed by atoms with van der Waals surface area (Å²) < 4.78 is 1.92. The normalized spacial score (nSPS) is 10.6. The molecule has 1 aromatic carbocycles. The molecular weight excluding hydrogens is 256 g/mol. The van der Waals surface area contributed by atoms with Crippen LogP contribution in [-0.2, 0) is 6.54 Å². The Bertz CT molecular complexity index is 661. The molecule has 2 aromatic rings. The van der Waals surface area contributed by atoms with Gasteiger partial charge in [-0.15, -0.1) is 0 Å². The molecule has 1 heterocycles. The summed E-state index contributed by atoms with van der Waals surface area (Å²) in [4.78, 5) is 10.5. The summed E-state index contributed by atoms with van der Waals surface area (Å²) in [6.45, 7) is 6.66. The molecule has 0 aliphatic heterocycles. The van der Waals surface area contributed by atoms with E-state index in [9.17, 15) is 10.1 Å². The van der Waals surface area contributed by atoms with E-state index in [4.69, 9.17) is 0 Å². The molecule has 2 rings (SSSR count). The summed E-state index contributed by atoms with van der Waals surface area (Å²) >= 11 is 0. The highest BCUT2D eigenvalue weighted by molar-refractivity contribution is 5.62. The fourth-order valence-corrected chi connectivity index (χ4v) is 2.15. The van der Waals surface area contributed by atoms with E-state index >= 15 is 0 Å². The summed E-state index contributed by atoms with van der Waals surface area (Å²) in [5.41, 5.74) is 4.89. The third-order valence-corrected chi connectivity index (χ3v) is 3.60. The maximum absolute atomic E-state index is 10.9. The van der Waals surface area contributed by atoms with Crippen molar-refractivity contribution in [3.8, 4) is 0 Å². The number of anilines is 1. The first-order chi connectivity index (χ1) is 9.43. The second-order valence-corrected chi connectivity index (χ2v) is 4.81. The number of aryl methyl sites for hydroxylation is 1. The Morgan fingerprint density at radius 3 is 2.55 bits per heavy atom. The van der Waals surface area contributed by atoms with E-state index in [2.05, 4.69) is 10.4 Å². The summed E-state index contributed by atoms with van der Waals surface area (Å²) in [5.74, 6) is 0. The van der Waals surface area contributed by atoms with Crippen LogP contribution in [0, 0.1) is 30.9 Å². The lowest BCUT2D eigenvalue weighted by Gasteiger charge is -2.08. The zero-order valence-electron chi connectivity index (χ0n) is 12.1. The first kappa shape index (κ1) is 14.0. The zero-order valence-corrected chi connectivity index (χ0v) is 12.1. The van der Waals surface area contributed by atoms with E-state index in [1.54, 1.807) is 19.2 Å². The maximum atomic E-state index is 10.9. The standard InChI is InChI=1S/C14H18N4O2/c1-9-10(2)16-17(11(9)3)8-12-5-6-14(18(19)20)13(7-12)15-4/h5-7,15H,8H2,1-4H3. The molecule has 0 aliphatic carbocycles. The van der Waals surface area contributed by atoms with Crippen molar-refractivity contribution in [1.29, 1.82) is 0 Å². The average Bonchev–Trinajstić information content (AvgIpc) is 2.66. The average molecular weight is 274 g/mol. The van der Waals surface area contributed by atoms with Gasteiger partial charge in [0.1, 0.15) is 5.69 Å². The summed E-state index contributed by atoms with van der Waals surface area (Å²) in [7, 11) is 1.68. The molecule has 0 saturated carbocycles. The Labute approximate surface area is 117 Å². The Morgan fingerprint density at radius 2 is 2.05 bits per heavy atom. The monoisotopic (exact) mass is 274 g/mol. The van der Waals surface area contributed by atoms with Crippen LogP contribution in [0.1, 0.15) is 22.5 Å². The van der Waals surface area contributed by atoms with Crippen molar-refractivity contribution >= 4 is 11.4 Å². The highest BCUT2D eigenvalue weighted by Gasteiger charge is 2.14. The number of nitro benzene ring substituents is 1. The number of nitro groups is 1. The molecule has 0 atom stereocenters. The van der Waals surface area contributed by atoms with Crippen molar-refractivity contribution in [2.45, 2.75) is 27.3 Å². The van der Waals surface area contributed by atoms with Gasteiger partial charge in [0.05, 0.1) is 17.2 Å². The van der Waals surface area contributed by atoms with Gasteiger partial charge in [0, 0.05) is 18.8 Å². The van der Waals surface area contributed by atoms with E-state index in [1.165, 1.54) is 11.6 Å². The molecule has 6 nitrogen and oxygen atoms in total. The Morgan fingerprint density at radius 1 is 1.35 bits per heavy atom. The zero-order chi connectivity index (χ0) is 14.9. The molecule has 1 aromatic heterocycles. The number of hydrogen-bond donors (Lipinski definition) is 1. The van der Waals surface area contributed by atoms with Crippen LogP contribution in [0.15, 0.2) is 18.2 Å². The van der Waals surface area contributed by atoms with Gasteiger partial charge in [-0.05, 0) is 38.0 Å². The van der Waals surface area contributed by atoms with Gasteiger partial charge in [0.25, 0.3) is 5.69 Å². The van der Waals surface area contributed by atoms with Gasteiger partial charge < -0.3 is 5.32 Å². The highest BCUT2D eigenvalue weighted by Crippen LogP contribution is 2.25. The molecule has 0 unspecified atom stereocenters. The van der Waals surface area contributed by atoms with E-state index in [1.807, 2.05) is 25.5 Å². The molecule has 20 heavy (non-hydrogen) atoms. The highest BCUT2D eigenvalue weighted by atomic mass is 16.6. The Balaban J connectivity index is 2.34. The van der Waals surface area contributed by atoms with E-state index < -0.39 is 0 Å². The molecule has 0 saturated heterocycles. The number of rotatable bonds is 4. The summed E-state index contributed by atoms with van der Waals surface area (Å²) in [6, 6.07) is 5.09. The van der Waals surface area contributed by atoms with E-state index in [-0.39, 0.29) is 10.6 Å². The van der Waals surface area contributed by atoms with Crippen LogP contribution in [0.5, 0.6) is 0 Å². The summed E-state index contributed by atoms with van der Waals surface area (Å²) in [6.07, 6.45) is 0. The molecule has 6 heteroatoms. The third kappa shape index (κ3) is 2.49. The molecular formula is C14H18N4O2. The van der Waals surface area contributed by atoms with Crippen LogP contribution in [0.4, 0.5) is 11.4 Å². The van der Waals surface area contributed by atoms with Crippen LogP contribution >= 0.6 is 0 Å². The molecule has 0 fully saturated rings. The summed E-state index contributed by atoms with van der Waals surface area (Å²) in [5, 5.41) is 18.2. The molecule has 0 bridgehead atoms. The van der Waals surface area contributed by atoms with Gasteiger partial charge >= 0.3 is 0 Å². The van der Waals surface area contributed by atoms with Gasteiger partial charge in [0.2, 0.25) is 0 Å². The second kappa shape index (κ2) is 5.32. The van der Waals surface area contributed by atoms with Crippen molar-refractivity contribution in [3.05, 3.63) is 50.8 Å². The van der Waals surface area contributed by atoms with Crippen molar-refractivity contribution in [2.24, 2.45) is 0 Å². The number of nitrogens with one attached hydrogen (secondary N) is 1. The lowest BCUT2D eigenvalue weighted by Crippen LogP contribution is -2.05. The fraction of sp³-hybridized carbons (Fsp3) is 0.357. The minimum absolute atomic E-state index is 0.0841. The maximum Gasteiger partial charge on any atom is 0.292 e. The van der Waals surface area contributed by atoms with Crippen LogP contribution in [0.2, 0.25) is 0 Å². The topological polar surface area (TPSA) is 73.0 Å². The third-order valence-electron chi connectivity index (χ3n) is 3.60. The minimum atomic E-state index is -0.386. The van der Waals surface area contributed by atoms with Crippen molar-refractivity contribution < 1.29 is 4.92 Å². The lowest BCUT2D eigenvalue weighted by molar-refractivity contribution is -0.383. The smallest absolute Gasteiger partial charge is 0.292 e. The minimum Gasteiger partial charge on any atom is -0.383 e. The van der Waals surface area contributed by atoms with Crippen molar-refractivity contribution in [1.82, 2.24) is 9.78 Å². The van der Waals surface area contributed by atoms with E-state index in [0.29, 0.717) is 12.2 Å². The molecule has 0 radical (unpaired) electrons. The quantitative estimate of drug-likeness (QED) is 0.687. The van der Waals surface area contributed by atoms with Crippen LogP contribution < -0.4 is 5.32 Å². The fourth-order valence-electron chi connectivity index (χ4n) is 2.15. The molecule has 0 aliphatic rings. The van der Waals surface area contributed by atoms with Gasteiger partial charge in [-0.2, -0.15) is 5.10 Å². The van der Waals surface area contributed by atoms with Crippen LogP contribution in [0.25, 0.3) is 0 Å². The Kier molecular flexibility index (Phi) is 3.74. The van der Waals surface area contributed by atoms with Crippen molar-refractivity contribution in [3.63, 3.8) is 0 Å². The van der Waals surface area contributed by atoms with E-state index in [0.717, 1.165) is 17.0 Å². The van der Waals surface area contributed by atoms with Crippen LogP contribution in [-0.4, -0.2) is 21.8 Å². The van der Waals surface area contributed by atoms with Crippen LogP contribution in [0.3, 0.4) is 0 Å². The molecule has 106 valence electrons. The number of benzene rings is 1.